The number of nitrogens with one attached hydrogen (secondary N) is 1. The van der Waals surface area contributed by atoms with Crippen LogP contribution in [0.4, 0.5) is 0 Å². The number of hydrogen-bond acceptors (Lipinski definition) is 6. The van der Waals surface area contributed by atoms with E-state index in [4.69, 9.17) is 4.74 Å². The number of aromatic nitrogens is 1. The molecule has 24 heavy (non-hydrogen) atoms. The molecular weight excluding hydrogens is 348 g/mol. The first kappa shape index (κ1) is 19.1. The molecule has 0 amide bonds. The van der Waals surface area contributed by atoms with Gasteiger partial charge in [0, 0.05) is 45.5 Å². The van der Waals surface area contributed by atoms with E-state index >= 15 is 0 Å². The summed E-state index contributed by atoms with van der Waals surface area (Å²) in [6.07, 6.45) is 2.32. The molecule has 1 aromatic heterocycles. The molecule has 1 aliphatic rings. The molecule has 2 heterocycles. The molecule has 1 saturated heterocycles. The summed E-state index contributed by atoms with van der Waals surface area (Å²) in [4.78, 5) is 10.7. The Morgan fingerprint density at radius 2 is 2.17 bits per heavy atom. The van der Waals surface area contributed by atoms with Crippen LogP contribution in [0.25, 0.3) is 0 Å². The molecule has 1 aromatic rings. The Morgan fingerprint density at radius 1 is 1.50 bits per heavy atom. The van der Waals surface area contributed by atoms with Crippen LogP contribution < -0.4 is 5.32 Å². The van der Waals surface area contributed by atoms with Gasteiger partial charge in [-0.1, -0.05) is 0 Å². The van der Waals surface area contributed by atoms with Crippen molar-refractivity contribution in [2.45, 2.75) is 31.1 Å². The van der Waals surface area contributed by atoms with Gasteiger partial charge in [-0.3, -0.25) is 4.99 Å². The maximum atomic E-state index is 12.3. The summed E-state index contributed by atoms with van der Waals surface area (Å²) < 4.78 is 29.2. The van der Waals surface area contributed by atoms with Gasteiger partial charge >= 0.3 is 0 Å². The van der Waals surface area contributed by atoms with E-state index in [9.17, 15) is 8.42 Å². The number of hydrogen-bond donors (Lipinski definition) is 1. The summed E-state index contributed by atoms with van der Waals surface area (Å²) >= 11 is 1.61. The Kier molecular flexibility index (Phi) is 6.22. The van der Waals surface area contributed by atoms with Crippen LogP contribution in [0, 0.1) is 6.92 Å². The molecule has 0 unspecified atom stereocenters. The van der Waals surface area contributed by atoms with E-state index in [1.807, 2.05) is 24.3 Å². The lowest BCUT2D eigenvalue weighted by atomic mass is 9.99. The van der Waals surface area contributed by atoms with Crippen LogP contribution in [-0.4, -0.2) is 69.1 Å². The third-order valence-electron chi connectivity index (χ3n) is 4.40. The van der Waals surface area contributed by atoms with Crippen LogP contribution in [0.2, 0.25) is 0 Å². The second-order valence-corrected chi connectivity index (χ2v) is 9.65. The van der Waals surface area contributed by atoms with Crippen molar-refractivity contribution in [3.05, 3.63) is 16.1 Å². The lowest BCUT2D eigenvalue weighted by Crippen LogP contribution is -2.53. The number of aliphatic imine (C=N–C) groups is 1. The fourth-order valence-corrected chi connectivity index (χ4v) is 4.69. The first-order valence-corrected chi connectivity index (χ1v) is 10.6. The second kappa shape index (κ2) is 7.79. The molecule has 7 nitrogen and oxygen atoms in total. The Hall–Kier alpha value is -1.19. The highest BCUT2D eigenvalue weighted by molar-refractivity contribution is 7.92. The number of thiazole rings is 1. The average molecular weight is 375 g/mol. The van der Waals surface area contributed by atoms with Gasteiger partial charge in [-0.2, -0.15) is 0 Å². The molecule has 0 saturated carbocycles. The van der Waals surface area contributed by atoms with Crippen LogP contribution in [0.5, 0.6) is 0 Å². The van der Waals surface area contributed by atoms with E-state index in [1.54, 1.807) is 18.4 Å². The quantitative estimate of drug-likeness (QED) is 0.613. The molecule has 0 radical (unpaired) electrons. The van der Waals surface area contributed by atoms with E-state index in [-0.39, 0.29) is 0 Å². The lowest BCUT2D eigenvalue weighted by Gasteiger charge is -2.36. The maximum Gasteiger partial charge on any atom is 0.193 e. The summed E-state index contributed by atoms with van der Waals surface area (Å²) in [7, 11) is 0.415. The van der Waals surface area contributed by atoms with Crippen molar-refractivity contribution in [3.63, 3.8) is 0 Å². The van der Waals surface area contributed by atoms with Gasteiger partial charge in [0.25, 0.3) is 0 Å². The maximum absolute atomic E-state index is 12.3. The Bertz CT molecular complexity index is 679. The van der Waals surface area contributed by atoms with Gasteiger partial charge in [-0.25, -0.2) is 13.4 Å². The van der Waals surface area contributed by atoms with Gasteiger partial charge in [0.15, 0.2) is 15.8 Å². The van der Waals surface area contributed by atoms with Crippen LogP contribution >= 0.6 is 11.3 Å². The Balaban J connectivity index is 2.03. The summed E-state index contributed by atoms with van der Waals surface area (Å²) in [5.41, 5.74) is 0.979. The van der Waals surface area contributed by atoms with Crippen LogP contribution in [0.1, 0.15) is 23.5 Å². The van der Waals surface area contributed by atoms with Gasteiger partial charge in [0.1, 0.15) is 0 Å². The summed E-state index contributed by atoms with van der Waals surface area (Å²) in [5.74, 6) is 0.662. The molecule has 1 fully saturated rings. The SMILES string of the molecule is CN=C(NCC1(S(C)(=O)=O)CCOCC1)N(C)Cc1csc(C)n1. The first-order valence-electron chi connectivity index (χ1n) is 7.87. The molecule has 9 heteroatoms. The molecule has 136 valence electrons. The number of nitrogens with zero attached hydrogens (tertiary/aromatic N) is 3. The minimum Gasteiger partial charge on any atom is -0.381 e. The molecule has 0 bridgehead atoms. The zero-order valence-corrected chi connectivity index (χ0v) is 16.3. The normalized spacial score (nSPS) is 18.4. The van der Waals surface area contributed by atoms with Crippen molar-refractivity contribution in [1.29, 1.82) is 0 Å². The van der Waals surface area contributed by atoms with E-state index in [1.165, 1.54) is 6.26 Å². The van der Waals surface area contributed by atoms with Gasteiger partial charge in [0.2, 0.25) is 0 Å². The number of guanidine groups is 1. The molecule has 0 aliphatic carbocycles. The highest BCUT2D eigenvalue weighted by atomic mass is 32.2. The Labute approximate surface area is 148 Å². The monoisotopic (exact) mass is 374 g/mol. The molecule has 1 aliphatic heterocycles. The third-order valence-corrected chi connectivity index (χ3v) is 7.35. The minimum atomic E-state index is -3.20. The smallest absolute Gasteiger partial charge is 0.193 e. The molecule has 0 spiro atoms. The van der Waals surface area contributed by atoms with Crippen molar-refractivity contribution in [2.75, 3.05) is 40.1 Å². The van der Waals surface area contributed by atoms with Gasteiger partial charge in [-0.05, 0) is 19.8 Å². The van der Waals surface area contributed by atoms with Crippen molar-refractivity contribution in [3.8, 4) is 0 Å². The van der Waals surface area contributed by atoms with E-state index in [2.05, 4.69) is 15.3 Å². The van der Waals surface area contributed by atoms with E-state index < -0.39 is 14.6 Å². The third kappa shape index (κ3) is 4.46. The molecule has 2 rings (SSSR count). The van der Waals surface area contributed by atoms with Crippen LogP contribution in [0.3, 0.4) is 0 Å². The Morgan fingerprint density at radius 3 is 2.67 bits per heavy atom. The fourth-order valence-electron chi connectivity index (χ4n) is 2.85. The lowest BCUT2D eigenvalue weighted by molar-refractivity contribution is 0.0755. The van der Waals surface area contributed by atoms with Crippen molar-refractivity contribution >= 4 is 27.1 Å². The van der Waals surface area contributed by atoms with Crippen LogP contribution in [-0.2, 0) is 21.1 Å². The summed E-state index contributed by atoms with van der Waals surface area (Å²) in [5, 5.41) is 6.28. The zero-order chi connectivity index (χ0) is 17.8. The van der Waals surface area contributed by atoms with Gasteiger partial charge in [-0.15, -0.1) is 11.3 Å². The topological polar surface area (TPSA) is 83.9 Å². The molecule has 0 aromatic carbocycles. The number of aryl methyl sites for hydroxylation is 1. The van der Waals surface area contributed by atoms with Gasteiger partial charge in [0.05, 0.1) is 22.0 Å². The highest BCUT2D eigenvalue weighted by Crippen LogP contribution is 2.28. The standard InChI is InChI=1S/C15H26N4O3S2/c1-12-18-13(10-23-12)9-19(3)14(16-2)17-11-15(24(4,20)21)5-7-22-8-6-15/h10H,5-9,11H2,1-4H3,(H,16,17). The molecule has 1 N–H and O–H groups in total. The summed E-state index contributed by atoms with van der Waals surface area (Å²) in [6.45, 7) is 3.88. The predicted octanol–water partition coefficient (Wildman–Crippen LogP) is 1.05. The van der Waals surface area contributed by atoms with Crippen molar-refractivity contribution in [2.24, 2.45) is 4.99 Å². The highest BCUT2D eigenvalue weighted by Gasteiger charge is 2.42. The average Bonchev–Trinajstić information content (AvgIpc) is 2.92. The van der Waals surface area contributed by atoms with Crippen molar-refractivity contribution in [1.82, 2.24) is 15.2 Å². The number of rotatable bonds is 5. The van der Waals surface area contributed by atoms with E-state index in [0.717, 1.165) is 10.7 Å². The number of sulfone groups is 1. The minimum absolute atomic E-state index is 0.336. The second-order valence-electron chi connectivity index (χ2n) is 6.18. The fraction of sp³-hybridized carbons (Fsp3) is 0.733. The van der Waals surface area contributed by atoms with Crippen molar-refractivity contribution < 1.29 is 13.2 Å². The largest absolute Gasteiger partial charge is 0.381 e. The molecule has 0 atom stereocenters. The van der Waals surface area contributed by atoms with Crippen LogP contribution in [0.15, 0.2) is 10.4 Å². The van der Waals surface area contributed by atoms with E-state index in [0.29, 0.717) is 45.1 Å². The predicted molar refractivity (Wildman–Crippen MR) is 97.3 cm³/mol. The summed E-state index contributed by atoms with van der Waals surface area (Å²) in [6, 6.07) is 0. The molecular formula is C15H26N4O3S2. The first-order chi connectivity index (χ1) is 11.3. The number of ether oxygens (including phenoxy) is 1. The zero-order valence-electron chi connectivity index (χ0n) is 14.7. The van der Waals surface area contributed by atoms with Gasteiger partial charge < -0.3 is 15.0 Å².